The lowest BCUT2D eigenvalue weighted by Crippen LogP contribution is -2.46. The van der Waals surface area contributed by atoms with Crippen LogP contribution >= 0.6 is 23.1 Å². The highest BCUT2D eigenvalue weighted by Gasteiger charge is 2.39. The molecule has 2 fully saturated rings. The van der Waals surface area contributed by atoms with E-state index in [1.165, 1.54) is 10.9 Å². The number of thiophene rings is 1. The van der Waals surface area contributed by atoms with Gasteiger partial charge < -0.3 is 4.90 Å². The Kier molecular flexibility index (Phi) is 5.10. The minimum absolute atomic E-state index is 0.148. The highest BCUT2D eigenvalue weighted by molar-refractivity contribution is 8.00. The van der Waals surface area contributed by atoms with Crippen molar-refractivity contribution in [3.63, 3.8) is 0 Å². The summed E-state index contributed by atoms with van der Waals surface area (Å²) in [6.45, 7) is 2.96. The zero-order valence-corrected chi connectivity index (χ0v) is 15.6. The number of hydrogen-bond acceptors (Lipinski definition) is 4. The van der Waals surface area contributed by atoms with Crippen molar-refractivity contribution in [2.75, 3.05) is 18.8 Å². The molecule has 3 nitrogen and oxygen atoms in total. The van der Waals surface area contributed by atoms with Crippen molar-refractivity contribution >= 4 is 29.0 Å². The van der Waals surface area contributed by atoms with Crippen molar-refractivity contribution in [1.29, 1.82) is 0 Å². The highest BCUT2D eigenvalue weighted by atomic mass is 32.2. The van der Waals surface area contributed by atoms with E-state index in [-0.39, 0.29) is 23.1 Å². The van der Waals surface area contributed by atoms with Gasteiger partial charge in [0.15, 0.2) is 0 Å². The van der Waals surface area contributed by atoms with Gasteiger partial charge in [-0.1, -0.05) is 24.3 Å². The van der Waals surface area contributed by atoms with Gasteiger partial charge >= 0.3 is 0 Å². The van der Waals surface area contributed by atoms with E-state index < -0.39 is 0 Å². The Morgan fingerprint density at radius 1 is 1.12 bits per heavy atom. The summed E-state index contributed by atoms with van der Waals surface area (Å²) in [5.41, 5.74) is 0.638. The maximum absolute atomic E-state index is 14.2. The number of piperidine rings is 1. The first-order valence-electron chi connectivity index (χ1n) is 8.64. The molecule has 1 amide bonds. The maximum Gasteiger partial charge on any atom is 0.234 e. The summed E-state index contributed by atoms with van der Waals surface area (Å²) >= 11 is 3.34. The fourth-order valence-electron chi connectivity index (χ4n) is 3.72. The van der Waals surface area contributed by atoms with Crippen molar-refractivity contribution in [2.24, 2.45) is 0 Å². The van der Waals surface area contributed by atoms with Gasteiger partial charge in [0.25, 0.3) is 0 Å². The molecule has 25 heavy (non-hydrogen) atoms. The standard InChI is InChI=1S/C19H21FN2OS2/c20-17-6-2-1-5-16(17)19-22(18(23)13-25-19)14-7-9-21(10-8-14)12-15-4-3-11-24-15/h1-6,11,14,19H,7-10,12-13H2. The topological polar surface area (TPSA) is 23.6 Å². The molecular weight excluding hydrogens is 355 g/mol. The molecule has 132 valence electrons. The van der Waals surface area contributed by atoms with Crippen LogP contribution in [0, 0.1) is 5.82 Å². The summed E-state index contributed by atoms with van der Waals surface area (Å²) in [6.07, 6.45) is 1.92. The van der Waals surface area contributed by atoms with Crippen LogP contribution in [0.15, 0.2) is 41.8 Å². The van der Waals surface area contributed by atoms with Gasteiger partial charge in [0.1, 0.15) is 11.2 Å². The first kappa shape index (κ1) is 17.1. The number of hydrogen-bond donors (Lipinski definition) is 0. The van der Waals surface area contributed by atoms with E-state index in [9.17, 15) is 9.18 Å². The minimum Gasteiger partial charge on any atom is -0.323 e. The zero-order valence-electron chi connectivity index (χ0n) is 13.9. The smallest absolute Gasteiger partial charge is 0.234 e. The van der Waals surface area contributed by atoms with Gasteiger partial charge in [-0.2, -0.15) is 0 Å². The summed E-state index contributed by atoms with van der Waals surface area (Å²) in [5.74, 6) is 0.388. The van der Waals surface area contributed by atoms with Gasteiger partial charge in [0, 0.05) is 36.1 Å². The molecule has 0 aliphatic carbocycles. The molecule has 1 aromatic heterocycles. The van der Waals surface area contributed by atoms with Gasteiger partial charge in [-0.05, 0) is 30.4 Å². The number of likely N-dealkylation sites (tertiary alicyclic amines) is 1. The lowest BCUT2D eigenvalue weighted by molar-refractivity contribution is -0.131. The largest absolute Gasteiger partial charge is 0.323 e. The van der Waals surface area contributed by atoms with Crippen LogP contribution in [0.1, 0.15) is 28.7 Å². The predicted molar refractivity (Wildman–Crippen MR) is 101 cm³/mol. The quantitative estimate of drug-likeness (QED) is 0.802. The number of thioether (sulfide) groups is 1. The maximum atomic E-state index is 14.2. The number of nitrogens with zero attached hydrogens (tertiary/aromatic N) is 2. The highest BCUT2D eigenvalue weighted by Crippen LogP contribution is 2.42. The second-order valence-electron chi connectivity index (χ2n) is 6.57. The molecule has 6 heteroatoms. The number of rotatable bonds is 4. The van der Waals surface area contributed by atoms with E-state index in [1.807, 2.05) is 17.0 Å². The van der Waals surface area contributed by atoms with Crippen LogP contribution in [0.25, 0.3) is 0 Å². The number of carbonyl (C=O) groups is 1. The molecule has 0 bridgehead atoms. The summed E-state index contributed by atoms with van der Waals surface area (Å²) in [7, 11) is 0. The zero-order chi connectivity index (χ0) is 17.2. The van der Waals surface area contributed by atoms with Crippen LogP contribution in [0.5, 0.6) is 0 Å². The fourth-order valence-corrected chi connectivity index (χ4v) is 5.74. The number of amides is 1. The van der Waals surface area contributed by atoms with Crippen LogP contribution in [0.2, 0.25) is 0 Å². The molecule has 4 rings (SSSR count). The average Bonchev–Trinajstić information content (AvgIpc) is 3.26. The third-order valence-corrected chi connectivity index (χ3v) is 7.06. The van der Waals surface area contributed by atoms with E-state index in [1.54, 1.807) is 29.2 Å². The number of halogens is 1. The Balaban J connectivity index is 1.44. The van der Waals surface area contributed by atoms with Gasteiger partial charge in [-0.15, -0.1) is 23.1 Å². The molecule has 0 saturated carbocycles. The van der Waals surface area contributed by atoms with Crippen molar-refractivity contribution in [1.82, 2.24) is 9.80 Å². The van der Waals surface area contributed by atoms with E-state index in [4.69, 9.17) is 0 Å². The van der Waals surface area contributed by atoms with Crippen LogP contribution in [-0.4, -0.2) is 40.6 Å². The Bertz CT molecular complexity index is 729. The van der Waals surface area contributed by atoms with Gasteiger partial charge in [0.2, 0.25) is 5.91 Å². The summed E-state index contributed by atoms with van der Waals surface area (Å²) < 4.78 is 14.2. The number of benzene rings is 1. The Labute approximate surface area is 155 Å². The molecule has 2 aliphatic rings. The lowest BCUT2D eigenvalue weighted by atomic mass is 10.0. The fraction of sp³-hybridized carbons (Fsp3) is 0.421. The second kappa shape index (κ2) is 7.48. The number of carbonyl (C=O) groups excluding carboxylic acids is 1. The van der Waals surface area contributed by atoms with Crippen LogP contribution in [-0.2, 0) is 11.3 Å². The van der Waals surface area contributed by atoms with Crippen molar-refractivity contribution in [3.05, 3.63) is 58.0 Å². The first-order chi connectivity index (χ1) is 12.2. The van der Waals surface area contributed by atoms with E-state index in [2.05, 4.69) is 22.4 Å². The van der Waals surface area contributed by atoms with E-state index in [0.717, 1.165) is 32.5 Å². The summed E-state index contributed by atoms with van der Waals surface area (Å²) in [4.78, 5) is 18.3. The van der Waals surface area contributed by atoms with Crippen LogP contribution in [0.3, 0.4) is 0 Å². The van der Waals surface area contributed by atoms with Gasteiger partial charge in [-0.25, -0.2) is 4.39 Å². The molecule has 1 atom stereocenters. The molecule has 0 N–H and O–H groups in total. The lowest BCUT2D eigenvalue weighted by Gasteiger charge is -2.39. The molecule has 2 aromatic rings. The van der Waals surface area contributed by atoms with Crippen LogP contribution in [0.4, 0.5) is 4.39 Å². The third-order valence-electron chi connectivity index (χ3n) is 4.99. The molecule has 0 spiro atoms. The monoisotopic (exact) mass is 376 g/mol. The molecule has 1 aromatic carbocycles. The van der Waals surface area contributed by atoms with Gasteiger partial charge in [0.05, 0.1) is 5.75 Å². The Morgan fingerprint density at radius 3 is 2.64 bits per heavy atom. The Morgan fingerprint density at radius 2 is 1.92 bits per heavy atom. The molecule has 3 heterocycles. The van der Waals surface area contributed by atoms with Crippen molar-refractivity contribution in [2.45, 2.75) is 30.8 Å². The second-order valence-corrected chi connectivity index (χ2v) is 8.67. The average molecular weight is 377 g/mol. The normalized spacial score (nSPS) is 22.7. The minimum atomic E-state index is -0.213. The molecule has 2 saturated heterocycles. The SMILES string of the molecule is O=C1CSC(c2ccccc2F)N1C1CCN(Cc2cccs2)CC1. The Hall–Kier alpha value is -1.37. The summed E-state index contributed by atoms with van der Waals surface area (Å²) in [6, 6.07) is 11.3. The van der Waals surface area contributed by atoms with E-state index in [0.29, 0.717) is 11.3 Å². The third kappa shape index (κ3) is 3.61. The van der Waals surface area contributed by atoms with E-state index >= 15 is 0 Å². The van der Waals surface area contributed by atoms with Crippen molar-refractivity contribution < 1.29 is 9.18 Å². The summed E-state index contributed by atoms with van der Waals surface area (Å²) in [5, 5.41) is 1.93. The predicted octanol–water partition coefficient (Wildman–Crippen LogP) is 4.13. The van der Waals surface area contributed by atoms with Crippen LogP contribution < -0.4 is 0 Å². The molecule has 2 aliphatic heterocycles. The molecule has 1 unspecified atom stereocenters. The molecular formula is C19H21FN2OS2. The van der Waals surface area contributed by atoms with Crippen molar-refractivity contribution in [3.8, 4) is 0 Å². The molecule has 0 radical (unpaired) electrons. The van der Waals surface area contributed by atoms with Gasteiger partial charge in [-0.3, -0.25) is 9.69 Å². The first-order valence-corrected chi connectivity index (χ1v) is 10.6.